The topological polar surface area (TPSA) is 43.8 Å². The number of imidazole rings is 1. The highest BCUT2D eigenvalue weighted by Crippen LogP contribution is 2.32. The second-order valence-electron chi connectivity index (χ2n) is 4.54. The summed E-state index contributed by atoms with van der Waals surface area (Å²) >= 11 is 9.53. The van der Waals surface area contributed by atoms with Crippen molar-refractivity contribution in [1.82, 2.24) is 9.55 Å². The molecule has 0 amide bonds. The van der Waals surface area contributed by atoms with E-state index in [1.165, 1.54) is 0 Å². The minimum Gasteiger partial charge on any atom is -0.383 e. The van der Waals surface area contributed by atoms with Crippen molar-refractivity contribution >= 4 is 33.3 Å². The quantitative estimate of drug-likeness (QED) is 0.792. The molecule has 0 bridgehead atoms. The number of hydrogen-bond donors (Lipinski definition) is 1. The van der Waals surface area contributed by atoms with E-state index in [0.717, 1.165) is 34.4 Å². The molecule has 2 aromatic rings. The first-order chi connectivity index (χ1) is 9.58. The number of nitrogen functional groups attached to an aromatic ring is 1. The van der Waals surface area contributed by atoms with Gasteiger partial charge in [0, 0.05) is 23.0 Å². The Morgan fingerprint density at radius 1 is 1.50 bits per heavy atom. The zero-order valence-corrected chi connectivity index (χ0v) is 13.7. The average molecular weight is 355 g/mol. The molecule has 106 valence electrons. The summed E-state index contributed by atoms with van der Waals surface area (Å²) in [6, 6.07) is 5.74. The van der Waals surface area contributed by atoms with Crippen molar-refractivity contribution in [2.24, 2.45) is 0 Å². The highest BCUT2D eigenvalue weighted by molar-refractivity contribution is 9.10. The van der Waals surface area contributed by atoms with Gasteiger partial charge in [-0.15, -0.1) is 6.58 Å². The van der Waals surface area contributed by atoms with E-state index >= 15 is 0 Å². The smallest absolute Gasteiger partial charge is 0.132 e. The first-order valence-corrected chi connectivity index (χ1v) is 7.66. The first-order valence-electron chi connectivity index (χ1n) is 6.49. The maximum absolute atomic E-state index is 6.24. The van der Waals surface area contributed by atoms with Crippen molar-refractivity contribution in [2.75, 3.05) is 5.73 Å². The number of hydrogen-bond acceptors (Lipinski definition) is 2. The van der Waals surface area contributed by atoms with Crippen molar-refractivity contribution in [3.8, 4) is 11.3 Å². The van der Waals surface area contributed by atoms with Crippen LogP contribution in [0, 0.1) is 0 Å². The number of allylic oxidation sites excluding steroid dienone is 1. The number of anilines is 1. The maximum Gasteiger partial charge on any atom is 0.132 e. The van der Waals surface area contributed by atoms with Gasteiger partial charge in [-0.05, 0) is 34.5 Å². The van der Waals surface area contributed by atoms with Crippen LogP contribution in [0.4, 0.5) is 5.82 Å². The summed E-state index contributed by atoms with van der Waals surface area (Å²) in [6.07, 6.45) is 3.74. The zero-order valence-electron chi connectivity index (χ0n) is 11.4. The number of nitrogens with zero attached hydrogens (tertiary/aromatic N) is 2. The van der Waals surface area contributed by atoms with Crippen molar-refractivity contribution in [3.05, 3.63) is 46.2 Å². The van der Waals surface area contributed by atoms with E-state index in [9.17, 15) is 0 Å². The molecule has 0 aliphatic rings. The molecule has 1 aromatic heterocycles. The van der Waals surface area contributed by atoms with E-state index in [0.29, 0.717) is 17.4 Å². The molecular weight excluding hydrogens is 338 g/mol. The summed E-state index contributed by atoms with van der Waals surface area (Å²) in [5.74, 6) is 1.64. The second kappa shape index (κ2) is 6.46. The van der Waals surface area contributed by atoms with Crippen LogP contribution in [0.3, 0.4) is 0 Å². The van der Waals surface area contributed by atoms with E-state index in [-0.39, 0.29) is 0 Å². The van der Waals surface area contributed by atoms with Gasteiger partial charge in [0.2, 0.25) is 0 Å². The SMILES string of the molecule is C=CCn1c(CCC)nc(-c2ccc(Br)c(Cl)c2)c1N. The van der Waals surface area contributed by atoms with Crippen molar-refractivity contribution in [3.63, 3.8) is 0 Å². The number of halogens is 2. The predicted octanol–water partition coefficient (Wildman–Crippen LogP) is 4.69. The van der Waals surface area contributed by atoms with Crippen LogP contribution >= 0.6 is 27.5 Å². The van der Waals surface area contributed by atoms with Crippen LogP contribution in [-0.4, -0.2) is 9.55 Å². The van der Waals surface area contributed by atoms with Crippen LogP contribution in [0.1, 0.15) is 19.2 Å². The molecule has 5 heteroatoms. The Balaban J connectivity index is 2.53. The fraction of sp³-hybridized carbons (Fsp3) is 0.267. The third-order valence-corrected chi connectivity index (χ3v) is 4.30. The molecule has 0 saturated carbocycles. The van der Waals surface area contributed by atoms with Gasteiger partial charge in [-0.2, -0.15) is 0 Å². The molecule has 0 aliphatic heterocycles. The van der Waals surface area contributed by atoms with Crippen LogP contribution in [0.25, 0.3) is 11.3 Å². The third kappa shape index (κ3) is 2.91. The second-order valence-corrected chi connectivity index (χ2v) is 5.80. The zero-order chi connectivity index (χ0) is 14.7. The largest absolute Gasteiger partial charge is 0.383 e. The molecule has 20 heavy (non-hydrogen) atoms. The van der Waals surface area contributed by atoms with E-state index in [2.05, 4.69) is 34.4 Å². The predicted molar refractivity (Wildman–Crippen MR) is 89.0 cm³/mol. The molecule has 3 nitrogen and oxygen atoms in total. The van der Waals surface area contributed by atoms with Crippen molar-refractivity contribution in [1.29, 1.82) is 0 Å². The Morgan fingerprint density at radius 2 is 2.25 bits per heavy atom. The van der Waals surface area contributed by atoms with Crippen molar-refractivity contribution < 1.29 is 0 Å². The monoisotopic (exact) mass is 353 g/mol. The molecular formula is C15H17BrClN3. The fourth-order valence-electron chi connectivity index (χ4n) is 2.12. The van der Waals surface area contributed by atoms with Crippen LogP contribution < -0.4 is 5.73 Å². The van der Waals surface area contributed by atoms with E-state index in [1.54, 1.807) is 0 Å². The van der Waals surface area contributed by atoms with Crippen LogP contribution in [0.2, 0.25) is 5.02 Å². The Hall–Kier alpha value is -1.26. The maximum atomic E-state index is 6.24. The van der Waals surface area contributed by atoms with Gasteiger partial charge in [0.1, 0.15) is 17.3 Å². The molecule has 0 radical (unpaired) electrons. The lowest BCUT2D eigenvalue weighted by Gasteiger charge is -2.06. The summed E-state index contributed by atoms with van der Waals surface area (Å²) in [6.45, 7) is 6.56. The summed E-state index contributed by atoms with van der Waals surface area (Å²) in [4.78, 5) is 4.68. The van der Waals surface area contributed by atoms with Gasteiger partial charge in [0.05, 0.1) is 5.02 Å². The Labute approximate surface area is 132 Å². The lowest BCUT2D eigenvalue weighted by atomic mass is 10.1. The summed E-state index contributed by atoms with van der Waals surface area (Å²) < 4.78 is 2.86. The number of aryl methyl sites for hydroxylation is 1. The number of benzene rings is 1. The summed E-state index contributed by atoms with van der Waals surface area (Å²) in [7, 11) is 0. The molecule has 0 saturated heterocycles. The van der Waals surface area contributed by atoms with Crippen LogP contribution in [0.15, 0.2) is 35.3 Å². The van der Waals surface area contributed by atoms with Crippen LogP contribution in [0.5, 0.6) is 0 Å². The number of rotatable bonds is 5. The Bertz CT molecular complexity index is 634. The third-order valence-electron chi connectivity index (χ3n) is 3.06. The Kier molecular flexibility index (Phi) is 4.89. The molecule has 2 N–H and O–H groups in total. The van der Waals surface area contributed by atoms with Gasteiger partial charge in [0.25, 0.3) is 0 Å². The minimum absolute atomic E-state index is 0.650. The molecule has 0 fully saturated rings. The van der Waals surface area contributed by atoms with Gasteiger partial charge < -0.3 is 10.3 Å². The lowest BCUT2D eigenvalue weighted by molar-refractivity contribution is 0.724. The highest BCUT2D eigenvalue weighted by Gasteiger charge is 2.15. The molecule has 1 aromatic carbocycles. The molecule has 0 aliphatic carbocycles. The summed E-state index contributed by atoms with van der Waals surface area (Å²) in [5.41, 5.74) is 7.95. The molecule has 0 unspecified atom stereocenters. The molecule has 0 spiro atoms. The fourth-order valence-corrected chi connectivity index (χ4v) is 2.54. The van der Waals surface area contributed by atoms with Gasteiger partial charge in [-0.3, -0.25) is 0 Å². The van der Waals surface area contributed by atoms with E-state index in [1.807, 2.05) is 28.8 Å². The van der Waals surface area contributed by atoms with Gasteiger partial charge in [-0.25, -0.2) is 4.98 Å². The molecule has 2 rings (SSSR count). The molecule has 0 atom stereocenters. The van der Waals surface area contributed by atoms with E-state index < -0.39 is 0 Å². The summed E-state index contributed by atoms with van der Waals surface area (Å²) in [5, 5.41) is 0.650. The number of aromatic nitrogens is 2. The van der Waals surface area contributed by atoms with Gasteiger partial charge >= 0.3 is 0 Å². The standard InChI is InChI=1S/C15H17BrClN3/c1-3-5-13-19-14(15(18)20(13)8-4-2)10-6-7-11(16)12(17)9-10/h4,6-7,9H,2-3,5,8,18H2,1H3. The lowest BCUT2D eigenvalue weighted by Crippen LogP contribution is -2.05. The number of nitrogens with two attached hydrogens (primary N) is 1. The van der Waals surface area contributed by atoms with Gasteiger partial charge in [0.15, 0.2) is 0 Å². The highest BCUT2D eigenvalue weighted by atomic mass is 79.9. The minimum atomic E-state index is 0.650. The first kappa shape index (κ1) is 15.1. The van der Waals surface area contributed by atoms with E-state index in [4.69, 9.17) is 17.3 Å². The van der Waals surface area contributed by atoms with Crippen LogP contribution in [-0.2, 0) is 13.0 Å². The normalized spacial score (nSPS) is 10.8. The van der Waals surface area contributed by atoms with Crippen molar-refractivity contribution in [2.45, 2.75) is 26.3 Å². The van der Waals surface area contributed by atoms with Gasteiger partial charge in [-0.1, -0.05) is 30.7 Å². The molecule has 1 heterocycles. The Morgan fingerprint density at radius 3 is 2.85 bits per heavy atom. The average Bonchev–Trinajstić information content (AvgIpc) is 2.72.